The number of rotatable bonds is 9. The van der Waals surface area contributed by atoms with Crippen LogP contribution in [0.4, 0.5) is 17.3 Å². The van der Waals surface area contributed by atoms with Crippen LogP contribution in [0, 0.1) is 6.92 Å². The van der Waals surface area contributed by atoms with Gasteiger partial charge in [-0.05, 0) is 57.1 Å². The number of aromatic nitrogens is 2. The summed E-state index contributed by atoms with van der Waals surface area (Å²) in [4.78, 5) is 0. The fourth-order valence-electron chi connectivity index (χ4n) is 2.54. The number of nitrogen functional groups attached to an aromatic ring is 1. The number of nitrogens with zero attached hydrogens (tertiary/aromatic N) is 2. The molecule has 0 unspecified atom stereocenters. The molecule has 1 heterocycles. The van der Waals surface area contributed by atoms with Gasteiger partial charge in [0.25, 0.3) is 0 Å². The normalized spacial score (nSPS) is 10.8. The van der Waals surface area contributed by atoms with Gasteiger partial charge in [-0.25, -0.2) is 5.43 Å². The summed E-state index contributed by atoms with van der Waals surface area (Å²) in [6, 6.07) is 6.45. The first-order valence-corrected chi connectivity index (χ1v) is 8.21. The minimum Gasteiger partial charge on any atom is -0.385 e. The van der Waals surface area contributed by atoms with E-state index in [1.165, 1.54) is 24.1 Å². The van der Waals surface area contributed by atoms with E-state index in [1.54, 1.807) is 0 Å². The Labute approximate surface area is 138 Å². The van der Waals surface area contributed by atoms with E-state index in [-0.39, 0.29) is 0 Å². The molecule has 0 atom stereocenters. The zero-order valence-electron chi connectivity index (χ0n) is 14.7. The van der Waals surface area contributed by atoms with Gasteiger partial charge in [0.15, 0.2) is 0 Å². The molecule has 1 aromatic heterocycles. The zero-order chi connectivity index (χ0) is 16.7. The molecule has 126 valence electrons. The maximum absolute atomic E-state index is 3.49. The Morgan fingerprint density at radius 2 is 2.00 bits per heavy atom. The van der Waals surface area contributed by atoms with Crippen molar-refractivity contribution in [3.8, 4) is 0 Å². The van der Waals surface area contributed by atoms with Crippen molar-refractivity contribution in [2.75, 3.05) is 30.9 Å². The van der Waals surface area contributed by atoms with Crippen molar-refractivity contribution < 1.29 is 9.99 Å². The molecule has 0 amide bonds. The van der Waals surface area contributed by atoms with Gasteiger partial charge >= 0.3 is 5.95 Å². The molecule has 0 spiro atoms. The van der Waals surface area contributed by atoms with Gasteiger partial charge < -0.3 is 10.6 Å². The minimum absolute atomic E-state index is 1.01. The van der Waals surface area contributed by atoms with Crippen molar-refractivity contribution in [2.45, 2.75) is 19.8 Å². The van der Waals surface area contributed by atoms with E-state index >= 15 is 0 Å². The molecular formula is C17H30N6+2. The van der Waals surface area contributed by atoms with E-state index < -0.39 is 0 Å². The number of hydrogen-bond donors (Lipinski definition) is 4. The van der Waals surface area contributed by atoms with Gasteiger partial charge in [0, 0.05) is 12.2 Å². The molecule has 2 rings (SSSR count). The van der Waals surface area contributed by atoms with Crippen LogP contribution in [-0.4, -0.2) is 24.7 Å². The van der Waals surface area contributed by atoms with E-state index in [9.17, 15) is 0 Å². The van der Waals surface area contributed by atoms with Gasteiger partial charge in [-0.15, -0.1) is 5.43 Å². The minimum atomic E-state index is 1.01. The molecule has 6 heteroatoms. The number of anilines is 2. The summed E-state index contributed by atoms with van der Waals surface area (Å²) in [7, 11) is 6.08. The molecule has 1 aromatic carbocycles. The lowest BCUT2D eigenvalue weighted by atomic mass is 10.2. The third kappa shape index (κ3) is 4.97. The largest absolute Gasteiger partial charge is 0.476 e. The monoisotopic (exact) mass is 318 g/mol. The Balaban J connectivity index is 1.87. The van der Waals surface area contributed by atoms with Crippen LogP contribution in [-0.2, 0) is 14.1 Å². The molecule has 0 aliphatic carbocycles. The fourth-order valence-corrected chi connectivity index (χ4v) is 2.54. The van der Waals surface area contributed by atoms with E-state index in [1.807, 2.05) is 39.0 Å². The first kappa shape index (κ1) is 17.3. The number of aryl methyl sites for hydroxylation is 3. The fraction of sp³-hybridized carbons (Fsp3) is 0.471. The van der Waals surface area contributed by atoms with Crippen molar-refractivity contribution in [3.05, 3.63) is 36.2 Å². The van der Waals surface area contributed by atoms with Gasteiger partial charge in [-0.3, -0.25) is 0 Å². The van der Waals surface area contributed by atoms with E-state index in [2.05, 4.69) is 50.3 Å². The lowest BCUT2D eigenvalue weighted by molar-refractivity contribution is -0.753. The standard InChI is InChI=1S/C17H28N6/c1-14-13-15(19-10-6-5-9-18-2)7-8-16(14)20-21-17-22(3)11-12-23(17)4/h7-8,11-13,18-20H,5-6,9-10H2,1-4H3/p+2. The average Bonchev–Trinajstić information content (AvgIpc) is 2.85. The molecule has 5 N–H and O–H groups in total. The Morgan fingerprint density at radius 1 is 1.22 bits per heavy atom. The first-order chi connectivity index (χ1) is 11.1. The molecule has 23 heavy (non-hydrogen) atoms. The lowest BCUT2D eigenvalue weighted by Crippen LogP contribution is -2.86. The summed E-state index contributed by atoms with van der Waals surface area (Å²) in [5.74, 6) is 1.12. The second-order valence-corrected chi connectivity index (χ2v) is 5.93. The number of nitrogens with two attached hydrogens (primary N) is 1. The molecular weight excluding hydrogens is 288 g/mol. The van der Waals surface area contributed by atoms with Crippen molar-refractivity contribution in [1.29, 1.82) is 0 Å². The van der Waals surface area contributed by atoms with Crippen LogP contribution in [0.2, 0.25) is 0 Å². The van der Waals surface area contributed by atoms with Gasteiger partial charge in [0.1, 0.15) is 12.4 Å². The van der Waals surface area contributed by atoms with E-state index in [0.29, 0.717) is 0 Å². The summed E-state index contributed by atoms with van der Waals surface area (Å²) in [5, 5.41) is 6.66. The Kier molecular flexibility index (Phi) is 6.43. The second-order valence-electron chi connectivity index (χ2n) is 5.93. The molecule has 0 aliphatic rings. The van der Waals surface area contributed by atoms with E-state index in [4.69, 9.17) is 0 Å². The highest BCUT2D eigenvalue weighted by Gasteiger charge is 2.15. The average molecular weight is 318 g/mol. The van der Waals surface area contributed by atoms with Crippen LogP contribution in [0.25, 0.3) is 0 Å². The number of quaternary nitrogens is 1. The van der Waals surface area contributed by atoms with Crippen LogP contribution in [0.3, 0.4) is 0 Å². The number of imidazole rings is 1. The summed E-state index contributed by atoms with van der Waals surface area (Å²) >= 11 is 0. The Morgan fingerprint density at radius 3 is 2.65 bits per heavy atom. The molecule has 0 bridgehead atoms. The molecule has 6 nitrogen and oxygen atoms in total. The Hall–Kier alpha value is -2.05. The number of benzene rings is 1. The molecule has 0 saturated carbocycles. The van der Waals surface area contributed by atoms with Gasteiger partial charge in [-0.2, -0.15) is 9.13 Å². The van der Waals surface area contributed by atoms with Crippen LogP contribution in [0.1, 0.15) is 18.4 Å². The third-order valence-corrected chi connectivity index (χ3v) is 4.00. The summed E-state index contributed by atoms with van der Waals surface area (Å²) in [6.07, 6.45) is 6.46. The highest BCUT2D eigenvalue weighted by Crippen LogP contribution is 2.18. The topological polar surface area (TPSA) is 61.5 Å². The smallest absolute Gasteiger partial charge is 0.385 e. The number of hydrogen-bond acceptors (Lipinski definition) is 3. The van der Waals surface area contributed by atoms with Crippen molar-refractivity contribution >= 4 is 17.3 Å². The van der Waals surface area contributed by atoms with Crippen molar-refractivity contribution in [1.82, 2.24) is 9.88 Å². The summed E-state index contributed by atoms with van der Waals surface area (Å²) in [5.41, 5.74) is 8.99. The van der Waals surface area contributed by atoms with Crippen LogP contribution in [0.5, 0.6) is 0 Å². The van der Waals surface area contributed by atoms with Gasteiger partial charge in [0.05, 0.1) is 19.8 Å². The van der Waals surface area contributed by atoms with Crippen molar-refractivity contribution in [3.63, 3.8) is 0 Å². The first-order valence-electron chi connectivity index (χ1n) is 8.21. The second kappa shape index (κ2) is 8.55. The van der Waals surface area contributed by atoms with E-state index in [0.717, 1.165) is 24.7 Å². The quantitative estimate of drug-likeness (QED) is 0.239. The maximum Gasteiger partial charge on any atom is 0.476 e. The number of nitrogens with one attached hydrogen (secondary N) is 3. The lowest BCUT2D eigenvalue weighted by Gasteiger charge is -2.10. The van der Waals surface area contributed by atoms with Crippen LogP contribution < -0.4 is 26.1 Å². The molecule has 0 aliphatic heterocycles. The Bertz CT molecular complexity index is 600. The third-order valence-electron chi connectivity index (χ3n) is 4.00. The van der Waals surface area contributed by atoms with Crippen LogP contribution in [0.15, 0.2) is 30.6 Å². The number of unbranched alkanes of at least 4 members (excludes halogenated alkanes) is 1. The van der Waals surface area contributed by atoms with Gasteiger partial charge in [-0.1, -0.05) is 0 Å². The summed E-state index contributed by atoms with van der Waals surface area (Å²) in [6.45, 7) is 4.22. The zero-order valence-corrected chi connectivity index (χ0v) is 14.7. The van der Waals surface area contributed by atoms with Crippen molar-refractivity contribution in [2.24, 2.45) is 14.1 Å². The predicted octanol–water partition coefficient (Wildman–Crippen LogP) is 0.792. The maximum atomic E-state index is 3.49. The predicted molar refractivity (Wildman–Crippen MR) is 94.6 cm³/mol. The van der Waals surface area contributed by atoms with Crippen LogP contribution >= 0.6 is 0 Å². The molecule has 0 fully saturated rings. The molecule has 0 saturated heterocycles. The SMILES string of the molecule is CNCCCCNc1ccc(N[NH2+]c2n(C)cc[n+]2C)c(C)c1. The molecule has 2 aromatic rings. The highest BCUT2D eigenvalue weighted by atomic mass is 15.4. The highest BCUT2D eigenvalue weighted by molar-refractivity contribution is 5.58. The summed E-state index contributed by atoms with van der Waals surface area (Å²) < 4.78 is 4.17. The van der Waals surface area contributed by atoms with Gasteiger partial charge in [0.2, 0.25) is 0 Å². The molecule has 0 radical (unpaired) electrons.